The van der Waals surface area contributed by atoms with Crippen LogP contribution in [0.4, 0.5) is 0 Å². The number of ether oxygens (including phenoxy) is 1. The molecule has 2 rings (SSSR count). The smallest absolute Gasteiger partial charge is 0.161 e. The van der Waals surface area contributed by atoms with Gasteiger partial charge in [0.25, 0.3) is 0 Å². The highest BCUT2D eigenvalue weighted by molar-refractivity contribution is 9.10. The lowest BCUT2D eigenvalue weighted by Gasteiger charge is -2.21. The van der Waals surface area contributed by atoms with Crippen molar-refractivity contribution in [1.29, 1.82) is 0 Å². The van der Waals surface area contributed by atoms with Crippen molar-refractivity contribution < 1.29 is 4.74 Å². The topological polar surface area (TPSA) is 39.1 Å². The van der Waals surface area contributed by atoms with Crippen LogP contribution >= 0.6 is 15.9 Å². The third-order valence-corrected chi connectivity index (χ3v) is 4.11. The van der Waals surface area contributed by atoms with Crippen LogP contribution in [0.5, 0.6) is 5.75 Å². The summed E-state index contributed by atoms with van der Waals surface area (Å²) in [6, 6.07) is 6.38. The standard InChI is InChI=1S/C15H20BrN3O/c1-5-19-15(13(20-4)9-18-19)14(17-3)11-8-10(2)6-7-12(11)16/h6-9,14,17H,5H2,1-4H3. The second kappa shape index (κ2) is 6.41. The number of rotatable bonds is 5. The van der Waals surface area contributed by atoms with E-state index >= 15 is 0 Å². The minimum Gasteiger partial charge on any atom is -0.493 e. The summed E-state index contributed by atoms with van der Waals surface area (Å²) in [6.45, 7) is 4.98. The number of hydrogen-bond acceptors (Lipinski definition) is 3. The van der Waals surface area contributed by atoms with Crippen LogP contribution < -0.4 is 10.1 Å². The highest BCUT2D eigenvalue weighted by Crippen LogP contribution is 2.34. The molecule has 108 valence electrons. The van der Waals surface area contributed by atoms with Crippen LogP contribution in [0.2, 0.25) is 0 Å². The molecular weight excluding hydrogens is 318 g/mol. The zero-order valence-electron chi connectivity index (χ0n) is 12.3. The quantitative estimate of drug-likeness (QED) is 0.909. The monoisotopic (exact) mass is 337 g/mol. The molecule has 0 saturated carbocycles. The normalized spacial score (nSPS) is 12.4. The average Bonchev–Trinajstić information content (AvgIpc) is 2.86. The summed E-state index contributed by atoms with van der Waals surface area (Å²) in [7, 11) is 3.63. The van der Waals surface area contributed by atoms with Crippen molar-refractivity contribution >= 4 is 15.9 Å². The zero-order valence-corrected chi connectivity index (χ0v) is 13.9. The van der Waals surface area contributed by atoms with Crippen LogP contribution in [0.25, 0.3) is 0 Å². The van der Waals surface area contributed by atoms with Gasteiger partial charge in [-0.25, -0.2) is 0 Å². The van der Waals surface area contributed by atoms with E-state index in [-0.39, 0.29) is 6.04 Å². The maximum Gasteiger partial charge on any atom is 0.161 e. The van der Waals surface area contributed by atoms with E-state index in [4.69, 9.17) is 4.74 Å². The minimum absolute atomic E-state index is 0.0293. The Morgan fingerprint density at radius 2 is 2.20 bits per heavy atom. The Labute approximate surface area is 128 Å². The van der Waals surface area contributed by atoms with E-state index in [2.05, 4.69) is 58.4 Å². The molecule has 0 amide bonds. The summed E-state index contributed by atoms with van der Waals surface area (Å²) in [5.41, 5.74) is 3.45. The minimum atomic E-state index is 0.0293. The predicted molar refractivity (Wildman–Crippen MR) is 84.2 cm³/mol. The van der Waals surface area contributed by atoms with Crippen LogP contribution in [0.3, 0.4) is 0 Å². The molecule has 0 aliphatic rings. The first kappa shape index (κ1) is 15.1. The molecule has 0 saturated heterocycles. The van der Waals surface area contributed by atoms with Gasteiger partial charge in [-0.05, 0) is 32.5 Å². The van der Waals surface area contributed by atoms with Gasteiger partial charge < -0.3 is 10.1 Å². The number of nitrogens with zero attached hydrogens (tertiary/aromatic N) is 2. The average molecular weight is 338 g/mol. The zero-order chi connectivity index (χ0) is 14.7. The predicted octanol–water partition coefficient (Wildman–Crippen LogP) is 3.29. The Morgan fingerprint density at radius 1 is 1.45 bits per heavy atom. The molecule has 0 radical (unpaired) electrons. The number of nitrogens with one attached hydrogen (secondary N) is 1. The van der Waals surface area contributed by atoms with E-state index in [1.54, 1.807) is 13.3 Å². The van der Waals surface area contributed by atoms with Gasteiger partial charge in [-0.2, -0.15) is 5.10 Å². The van der Waals surface area contributed by atoms with Crippen molar-refractivity contribution in [2.45, 2.75) is 26.4 Å². The second-order valence-electron chi connectivity index (χ2n) is 4.66. The van der Waals surface area contributed by atoms with E-state index in [0.717, 1.165) is 22.5 Å². The molecule has 1 aromatic heterocycles. The third kappa shape index (κ3) is 2.74. The van der Waals surface area contributed by atoms with E-state index in [9.17, 15) is 0 Å². The van der Waals surface area contributed by atoms with Crippen molar-refractivity contribution in [2.75, 3.05) is 14.2 Å². The number of aryl methyl sites for hydroxylation is 2. The number of halogens is 1. The molecule has 2 aromatic rings. The van der Waals surface area contributed by atoms with Gasteiger partial charge >= 0.3 is 0 Å². The fourth-order valence-electron chi connectivity index (χ4n) is 2.40. The van der Waals surface area contributed by atoms with Gasteiger partial charge in [0.15, 0.2) is 5.75 Å². The van der Waals surface area contributed by atoms with Crippen LogP contribution in [-0.4, -0.2) is 23.9 Å². The SMILES string of the molecule is CCn1ncc(OC)c1C(NC)c1cc(C)ccc1Br. The second-order valence-corrected chi connectivity index (χ2v) is 5.51. The molecular formula is C15H20BrN3O. The van der Waals surface area contributed by atoms with Gasteiger partial charge in [-0.15, -0.1) is 0 Å². The Bertz CT molecular complexity index is 573. The van der Waals surface area contributed by atoms with Crippen LogP contribution in [-0.2, 0) is 6.54 Å². The Hall–Kier alpha value is -1.33. The summed E-state index contributed by atoms with van der Waals surface area (Å²) in [5, 5.41) is 7.76. The highest BCUT2D eigenvalue weighted by Gasteiger charge is 2.23. The number of aromatic nitrogens is 2. The van der Waals surface area contributed by atoms with E-state index in [0.29, 0.717) is 0 Å². The van der Waals surface area contributed by atoms with E-state index in [1.807, 2.05) is 11.7 Å². The van der Waals surface area contributed by atoms with Crippen molar-refractivity contribution in [3.05, 3.63) is 45.7 Å². The molecule has 1 unspecified atom stereocenters. The summed E-state index contributed by atoms with van der Waals surface area (Å²) < 4.78 is 8.51. The first-order valence-electron chi connectivity index (χ1n) is 6.65. The first-order valence-corrected chi connectivity index (χ1v) is 7.44. The molecule has 1 heterocycles. The van der Waals surface area contributed by atoms with Crippen molar-refractivity contribution in [3.8, 4) is 5.75 Å². The third-order valence-electron chi connectivity index (χ3n) is 3.39. The number of hydrogen-bond donors (Lipinski definition) is 1. The number of methoxy groups -OCH3 is 1. The first-order chi connectivity index (χ1) is 9.62. The lowest BCUT2D eigenvalue weighted by molar-refractivity contribution is 0.401. The summed E-state index contributed by atoms with van der Waals surface area (Å²) in [5.74, 6) is 0.805. The molecule has 1 N–H and O–H groups in total. The molecule has 0 spiro atoms. The Morgan fingerprint density at radius 3 is 2.80 bits per heavy atom. The molecule has 4 nitrogen and oxygen atoms in total. The van der Waals surface area contributed by atoms with Gasteiger partial charge in [0.05, 0.1) is 19.3 Å². The maximum atomic E-state index is 5.46. The van der Waals surface area contributed by atoms with Gasteiger partial charge in [-0.3, -0.25) is 4.68 Å². The molecule has 0 fully saturated rings. The molecule has 20 heavy (non-hydrogen) atoms. The Kier molecular flexibility index (Phi) is 4.83. The lowest BCUT2D eigenvalue weighted by Crippen LogP contribution is -2.22. The molecule has 1 atom stereocenters. The van der Waals surface area contributed by atoms with Crippen LogP contribution in [0.1, 0.15) is 29.8 Å². The maximum absolute atomic E-state index is 5.46. The molecule has 1 aromatic carbocycles. The Balaban J connectivity index is 2.57. The van der Waals surface area contributed by atoms with Gasteiger partial charge in [0, 0.05) is 11.0 Å². The van der Waals surface area contributed by atoms with Gasteiger partial charge in [0.1, 0.15) is 5.69 Å². The summed E-state index contributed by atoms with van der Waals surface area (Å²) in [6.07, 6.45) is 1.77. The lowest BCUT2D eigenvalue weighted by atomic mass is 10.0. The fraction of sp³-hybridized carbons (Fsp3) is 0.400. The van der Waals surface area contributed by atoms with Crippen molar-refractivity contribution in [2.24, 2.45) is 0 Å². The van der Waals surface area contributed by atoms with Gasteiger partial charge in [-0.1, -0.05) is 33.6 Å². The molecule has 0 aliphatic carbocycles. The van der Waals surface area contributed by atoms with Gasteiger partial charge in [0.2, 0.25) is 0 Å². The van der Waals surface area contributed by atoms with Crippen LogP contribution in [0, 0.1) is 6.92 Å². The summed E-state index contributed by atoms with van der Waals surface area (Å²) in [4.78, 5) is 0. The van der Waals surface area contributed by atoms with E-state index < -0.39 is 0 Å². The highest BCUT2D eigenvalue weighted by atomic mass is 79.9. The fourth-order valence-corrected chi connectivity index (χ4v) is 2.88. The van der Waals surface area contributed by atoms with Crippen molar-refractivity contribution in [3.63, 3.8) is 0 Å². The largest absolute Gasteiger partial charge is 0.493 e. The number of benzene rings is 1. The van der Waals surface area contributed by atoms with Crippen molar-refractivity contribution in [1.82, 2.24) is 15.1 Å². The molecule has 5 heteroatoms. The molecule has 0 aliphatic heterocycles. The van der Waals surface area contributed by atoms with Crippen LogP contribution in [0.15, 0.2) is 28.9 Å². The molecule has 0 bridgehead atoms. The summed E-state index contributed by atoms with van der Waals surface area (Å²) >= 11 is 3.64. The van der Waals surface area contributed by atoms with E-state index in [1.165, 1.54) is 11.1 Å².